The van der Waals surface area contributed by atoms with E-state index in [9.17, 15) is 14.3 Å². The number of aryl methyl sites for hydroxylation is 1. The number of nitrogens with zero attached hydrogens (tertiary/aromatic N) is 2. The Morgan fingerprint density at radius 1 is 1.13 bits per heavy atom. The number of ether oxygens (including phenoxy) is 1. The number of amides is 1. The van der Waals surface area contributed by atoms with Gasteiger partial charge in [-0.05, 0) is 96.9 Å². The molecular weight excluding hydrogens is 610 g/mol. The number of methoxy groups -OCH3 is 1. The van der Waals surface area contributed by atoms with Gasteiger partial charge in [0.2, 0.25) is 5.13 Å². The van der Waals surface area contributed by atoms with Crippen LogP contribution < -0.4 is 10.1 Å². The molecule has 6 nitrogen and oxygen atoms in total. The third-order valence-electron chi connectivity index (χ3n) is 7.52. The Bertz CT molecular complexity index is 1500. The largest absolute Gasteiger partial charge is 0.496 e. The van der Waals surface area contributed by atoms with Crippen LogP contribution in [0.3, 0.4) is 0 Å². The fourth-order valence-electron chi connectivity index (χ4n) is 4.52. The lowest BCUT2D eigenvalue weighted by atomic mass is 9.92. The van der Waals surface area contributed by atoms with Crippen molar-refractivity contribution in [2.24, 2.45) is 5.92 Å². The predicted octanol–water partition coefficient (Wildman–Crippen LogP) is 10.7. The summed E-state index contributed by atoms with van der Waals surface area (Å²) in [6.45, 7) is 22.1. The summed E-state index contributed by atoms with van der Waals surface area (Å²) in [5, 5.41) is 21.8. The van der Waals surface area contributed by atoms with E-state index < -0.39 is 17.3 Å². The van der Waals surface area contributed by atoms with Crippen molar-refractivity contribution >= 4 is 27.9 Å². The Kier molecular flexibility index (Phi) is 18.1. The van der Waals surface area contributed by atoms with Crippen molar-refractivity contribution in [3.05, 3.63) is 98.9 Å². The first-order chi connectivity index (χ1) is 22.1. The minimum atomic E-state index is -0.771. The molecule has 8 heteroatoms. The molecule has 1 aromatic heterocycles. The second-order valence-electron chi connectivity index (χ2n) is 12.3. The van der Waals surface area contributed by atoms with E-state index in [4.69, 9.17) is 4.74 Å². The lowest BCUT2D eigenvalue weighted by molar-refractivity contribution is -0.112. The number of nitrogens with one attached hydrogen (secondary N) is 1. The summed E-state index contributed by atoms with van der Waals surface area (Å²) in [4.78, 5) is 13.1. The van der Waals surface area contributed by atoms with Gasteiger partial charge in [0.15, 0.2) is 0 Å². The number of allylic oxidation sites excluding steroid dienone is 8. The average Bonchev–Trinajstić information content (AvgIpc) is 3.43. The van der Waals surface area contributed by atoms with Crippen LogP contribution >= 0.6 is 11.3 Å². The monoisotopic (exact) mass is 665 g/mol. The smallest absolute Gasteiger partial charge is 0.258 e. The number of aliphatic hydroxyl groups is 1. The highest BCUT2D eigenvalue weighted by Gasteiger charge is 2.21. The molecule has 1 unspecified atom stereocenters. The first-order valence-corrected chi connectivity index (χ1v) is 17.2. The van der Waals surface area contributed by atoms with Gasteiger partial charge in [0.1, 0.15) is 16.6 Å². The van der Waals surface area contributed by atoms with E-state index in [2.05, 4.69) is 55.4 Å². The maximum atomic E-state index is 14.8. The van der Waals surface area contributed by atoms with E-state index in [1.54, 1.807) is 31.2 Å². The maximum absolute atomic E-state index is 14.8. The number of hydrogen-bond acceptors (Lipinski definition) is 6. The van der Waals surface area contributed by atoms with Crippen LogP contribution in [-0.2, 0) is 4.79 Å². The van der Waals surface area contributed by atoms with Crippen LogP contribution in [0.25, 0.3) is 5.57 Å². The van der Waals surface area contributed by atoms with E-state index in [1.165, 1.54) is 42.1 Å². The third-order valence-corrected chi connectivity index (χ3v) is 8.28. The number of halogens is 1. The number of hydrogen-bond donors (Lipinski definition) is 2. The van der Waals surface area contributed by atoms with Crippen LogP contribution in [0.15, 0.2) is 82.5 Å². The molecule has 0 saturated carbocycles. The Morgan fingerprint density at radius 2 is 1.81 bits per heavy atom. The van der Waals surface area contributed by atoms with Crippen molar-refractivity contribution in [3.8, 4) is 5.75 Å². The van der Waals surface area contributed by atoms with Crippen LogP contribution in [-0.4, -0.2) is 33.9 Å². The van der Waals surface area contributed by atoms with Gasteiger partial charge in [0.05, 0.1) is 18.3 Å². The minimum absolute atomic E-state index is 0.241. The molecule has 0 aliphatic heterocycles. The Hall–Kier alpha value is -3.62. The first kappa shape index (κ1) is 41.4. The standard InChI is InChI=1S/C21H24FN3O2S.C18H32O/c1-6-7-9-15(20(26)23-21-25-24-14(4)28-21)16(12-13(2)3)19-17(22)10-8-11-18(19)27-5;1-8-14(4)13-16(15(5)9-2)11-12-17(10-3)18(6,7)19/h7-12H,6H2,1-5H3,(H,23,25,26);10-12,14,19H,8-9,13H2,1-7H3/b9-7+,16-15-;12-11-,16-15+,17-10+. The summed E-state index contributed by atoms with van der Waals surface area (Å²) < 4.78 is 20.2. The average molecular weight is 666 g/mol. The quantitative estimate of drug-likeness (QED) is 0.155. The van der Waals surface area contributed by atoms with Gasteiger partial charge in [0.25, 0.3) is 5.91 Å². The molecule has 1 atom stereocenters. The minimum Gasteiger partial charge on any atom is -0.496 e. The summed E-state index contributed by atoms with van der Waals surface area (Å²) in [5.74, 6) is 0.208. The molecule has 2 aromatic rings. The lowest BCUT2D eigenvalue weighted by Crippen LogP contribution is -2.20. The summed E-state index contributed by atoms with van der Waals surface area (Å²) in [6, 6.07) is 4.59. The lowest BCUT2D eigenvalue weighted by Gasteiger charge is -2.19. The number of anilines is 1. The number of carbonyl (C=O) groups excluding carboxylic acids is 1. The van der Waals surface area contributed by atoms with Crippen LogP contribution in [0, 0.1) is 18.7 Å². The van der Waals surface area contributed by atoms with E-state index in [0.717, 1.165) is 35.4 Å². The molecule has 0 saturated heterocycles. The van der Waals surface area contributed by atoms with Gasteiger partial charge in [-0.15, -0.1) is 10.2 Å². The Balaban J connectivity index is 0.000000510. The molecule has 2 rings (SSSR count). The van der Waals surface area contributed by atoms with E-state index in [-0.39, 0.29) is 5.56 Å². The van der Waals surface area contributed by atoms with Gasteiger partial charge in [-0.25, -0.2) is 4.39 Å². The van der Waals surface area contributed by atoms with Crippen LogP contribution in [0.4, 0.5) is 9.52 Å². The normalized spacial score (nSPS) is 13.9. The first-order valence-electron chi connectivity index (χ1n) is 16.4. The number of rotatable bonds is 14. The van der Waals surface area contributed by atoms with Gasteiger partial charge in [-0.2, -0.15) is 0 Å². The molecule has 1 aromatic carbocycles. The molecule has 0 spiro atoms. The molecule has 0 bridgehead atoms. The highest BCUT2D eigenvalue weighted by Crippen LogP contribution is 2.34. The molecule has 0 aliphatic rings. The molecule has 0 aliphatic carbocycles. The van der Waals surface area contributed by atoms with Gasteiger partial charge < -0.3 is 9.84 Å². The van der Waals surface area contributed by atoms with Crippen molar-refractivity contribution in [2.75, 3.05) is 12.4 Å². The Labute approximate surface area is 287 Å². The van der Waals surface area contributed by atoms with Gasteiger partial charge in [0, 0.05) is 11.1 Å². The number of benzene rings is 1. The van der Waals surface area contributed by atoms with E-state index in [1.807, 2.05) is 53.7 Å². The number of carbonyl (C=O) groups is 1. The third kappa shape index (κ3) is 14.0. The SMILES string of the molecule is CC/C=C/C(C(=O)Nc1nnc(C)s1)=C(\C=C(C)C)c1c(F)cccc1OC.C\C=C(/C=C\C(CC(C)CC)=C(\C)CC)C(C)(C)O. The summed E-state index contributed by atoms with van der Waals surface area (Å²) in [7, 11) is 1.48. The molecule has 2 N–H and O–H groups in total. The number of aromatic nitrogens is 2. The summed E-state index contributed by atoms with van der Waals surface area (Å²) >= 11 is 1.27. The zero-order chi connectivity index (χ0) is 35.7. The zero-order valence-electron chi connectivity index (χ0n) is 30.5. The molecule has 258 valence electrons. The van der Waals surface area contributed by atoms with Crippen molar-refractivity contribution in [2.45, 2.75) is 107 Å². The fraction of sp³-hybridized carbons (Fsp3) is 0.462. The highest BCUT2D eigenvalue weighted by molar-refractivity contribution is 7.15. The van der Waals surface area contributed by atoms with Gasteiger partial charge >= 0.3 is 0 Å². The Morgan fingerprint density at radius 3 is 2.30 bits per heavy atom. The summed E-state index contributed by atoms with van der Waals surface area (Å²) in [6.07, 6.45) is 15.7. The summed E-state index contributed by atoms with van der Waals surface area (Å²) in [5.41, 5.74) is 4.99. The highest BCUT2D eigenvalue weighted by atomic mass is 32.1. The van der Waals surface area contributed by atoms with Crippen molar-refractivity contribution < 1.29 is 19.0 Å². The fourth-order valence-corrected chi connectivity index (χ4v) is 5.11. The maximum Gasteiger partial charge on any atom is 0.258 e. The zero-order valence-corrected chi connectivity index (χ0v) is 31.4. The van der Waals surface area contributed by atoms with E-state index >= 15 is 0 Å². The van der Waals surface area contributed by atoms with Crippen LogP contribution in [0.5, 0.6) is 5.75 Å². The van der Waals surface area contributed by atoms with Gasteiger partial charge in [-0.1, -0.05) is 99.1 Å². The van der Waals surface area contributed by atoms with Crippen molar-refractivity contribution in [1.29, 1.82) is 0 Å². The molecule has 1 amide bonds. The molecule has 47 heavy (non-hydrogen) atoms. The van der Waals surface area contributed by atoms with Crippen molar-refractivity contribution in [1.82, 2.24) is 10.2 Å². The van der Waals surface area contributed by atoms with Crippen LogP contribution in [0.1, 0.15) is 105 Å². The molecule has 0 fully saturated rings. The molecule has 1 heterocycles. The topological polar surface area (TPSA) is 84.3 Å². The second kappa shape index (κ2) is 20.6. The second-order valence-corrected chi connectivity index (χ2v) is 13.5. The van der Waals surface area contributed by atoms with Gasteiger partial charge in [-0.3, -0.25) is 10.1 Å². The van der Waals surface area contributed by atoms with E-state index in [0.29, 0.717) is 27.9 Å². The predicted molar refractivity (Wildman–Crippen MR) is 198 cm³/mol. The van der Waals surface area contributed by atoms with Crippen molar-refractivity contribution in [3.63, 3.8) is 0 Å². The molecular formula is C39H56FN3O3S. The molecule has 0 radical (unpaired) electrons. The van der Waals surface area contributed by atoms with Crippen LogP contribution in [0.2, 0.25) is 0 Å².